The van der Waals surface area contributed by atoms with Crippen molar-refractivity contribution >= 4 is 5.91 Å². The SMILES string of the molecule is CC(C)ONC(=O)c1cncnc1. The van der Waals surface area contributed by atoms with Gasteiger partial charge >= 0.3 is 0 Å². The molecule has 0 saturated carbocycles. The van der Waals surface area contributed by atoms with Crippen molar-refractivity contribution in [2.45, 2.75) is 20.0 Å². The Morgan fingerprint density at radius 2 is 2.08 bits per heavy atom. The minimum absolute atomic E-state index is 0.0476. The Kier molecular flexibility index (Phi) is 3.33. The van der Waals surface area contributed by atoms with Gasteiger partial charge in [0, 0.05) is 12.4 Å². The number of carbonyl (C=O) groups is 1. The van der Waals surface area contributed by atoms with Crippen LogP contribution in [0.1, 0.15) is 24.2 Å². The molecule has 0 spiro atoms. The van der Waals surface area contributed by atoms with Crippen LogP contribution < -0.4 is 5.48 Å². The molecule has 0 aliphatic rings. The predicted molar refractivity (Wildman–Crippen MR) is 45.7 cm³/mol. The van der Waals surface area contributed by atoms with Crippen molar-refractivity contribution < 1.29 is 9.63 Å². The van der Waals surface area contributed by atoms with Gasteiger partial charge in [0.1, 0.15) is 6.33 Å². The number of hydrogen-bond donors (Lipinski definition) is 1. The molecule has 1 N–H and O–H groups in total. The van der Waals surface area contributed by atoms with Crippen molar-refractivity contribution in [1.29, 1.82) is 0 Å². The Hall–Kier alpha value is -1.49. The molecule has 1 aromatic rings. The summed E-state index contributed by atoms with van der Waals surface area (Å²) in [5.74, 6) is -0.339. The zero-order valence-corrected chi connectivity index (χ0v) is 7.52. The van der Waals surface area contributed by atoms with E-state index in [1.54, 1.807) is 0 Å². The van der Waals surface area contributed by atoms with Crippen LogP contribution in [-0.2, 0) is 4.84 Å². The molecule has 1 aromatic heterocycles. The Balaban J connectivity index is 2.50. The first-order chi connectivity index (χ1) is 6.20. The average molecular weight is 181 g/mol. The zero-order valence-electron chi connectivity index (χ0n) is 7.52. The second-order valence-corrected chi connectivity index (χ2v) is 2.72. The first-order valence-corrected chi connectivity index (χ1v) is 3.91. The third-order valence-corrected chi connectivity index (χ3v) is 1.21. The first kappa shape index (κ1) is 9.60. The van der Waals surface area contributed by atoms with Gasteiger partial charge in [-0.3, -0.25) is 9.63 Å². The molecule has 1 amide bonds. The summed E-state index contributed by atoms with van der Waals surface area (Å²) in [5.41, 5.74) is 2.66. The van der Waals surface area contributed by atoms with Crippen LogP contribution in [0, 0.1) is 0 Å². The Labute approximate surface area is 76.1 Å². The van der Waals surface area contributed by atoms with Crippen LogP contribution in [0.5, 0.6) is 0 Å². The molecule has 5 nitrogen and oxygen atoms in total. The number of carbonyl (C=O) groups excluding carboxylic acids is 1. The highest BCUT2D eigenvalue weighted by molar-refractivity contribution is 5.92. The number of aromatic nitrogens is 2. The van der Waals surface area contributed by atoms with Crippen LogP contribution in [0.4, 0.5) is 0 Å². The average Bonchev–Trinajstić information content (AvgIpc) is 2.15. The minimum Gasteiger partial charge on any atom is -0.271 e. The van der Waals surface area contributed by atoms with Crippen LogP contribution in [0.15, 0.2) is 18.7 Å². The molecule has 0 bridgehead atoms. The van der Waals surface area contributed by atoms with E-state index in [2.05, 4.69) is 15.4 Å². The number of rotatable bonds is 3. The van der Waals surface area contributed by atoms with Crippen LogP contribution >= 0.6 is 0 Å². The maximum atomic E-state index is 11.2. The summed E-state index contributed by atoms with van der Waals surface area (Å²) in [6.07, 6.45) is 4.16. The van der Waals surface area contributed by atoms with Gasteiger partial charge < -0.3 is 0 Å². The van der Waals surface area contributed by atoms with Gasteiger partial charge in [-0.2, -0.15) is 0 Å². The van der Waals surface area contributed by atoms with E-state index < -0.39 is 0 Å². The fraction of sp³-hybridized carbons (Fsp3) is 0.375. The van der Waals surface area contributed by atoms with E-state index in [9.17, 15) is 4.79 Å². The molecular weight excluding hydrogens is 170 g/mol. The normalized spacial score (nSPS) is 10.1. The summed E-state index contributed by atoms with van der Waals surface area (Å²) in [6, 6.07) is 0. The molecule has 0 fully saturated rings. The third kappa shape index (κ3) is 3.16. The van der Waals surface area contributed by atoms with E-state index in [0.29, 0.717) is 5.56 Å². The minimum atomic E-state index is -0.339. The van der Waals surface area contributed by atoms with Crippen LogP contribution in [0.3, 0.4) is 0 Å². The van der Waals surface area contributed by atoms with Crippen LogP contribution in [-0.4, -0.2) is 22.0 Å². The van der Waals surface area contributed by atoms with Crippen molar-refractivity contribution in [1.82, 2.24) is 15.4 Å². The number of nitrogens with one attached hydrogen (secondary N) is 1. The van der Waals surface area contributed by atoms with E-state index >= 15 is 0 Å². The Morgan fingerprint density at radius 1 is 1.46 bits per heavy atom. The van der Waals surface area contributed by atoms with Gasteiger partial charge in [-0.25, -0.2) is 15.4 Å². The standard InChI is InChI=1S/C8H11N3O2/c1-6(2)13-11-8(12)7-3-9-5-10-4-7/h3-6H,1-2H3,(H,11,12). The summed E-state index contributed by atoms with van der Waals surface area (Å²) in [4.78, 5) is 23.5. The second-order valence-electron chi connectivity index (χ2n) is 2.72. The Bertz CT molecular complexity index is 274. The second kappa shape index (κ2) is 4.51. The highest BCUT2D eigenvalue weighted by atomic mass is 16.7. The van der Waals surface area contributed by atoms with Gasteiger partial charge in [0.05, 0.1) is 11.7 Å². The summed E-state index contributed by atoms with van der Waals surface area (Å²) >= 11 is 0. The van der Waals surface area contributed by atoms with Crippen molar-refractivity contribution in [3.63, 3.8) is 0 Å². The van der Waals surface area contributed by atoms with Gasteiger partial charge in [-0.05, 0) is 13.8 Å². The third-order valence-electron chi connectivity index (χ3n) is 1.21. The maximum absolute atomic E-state index is 11.2. The molecule has 0 saturated heterocycles. The van der Waals surface area contributed by atoms with Gasteiger partial charge in [0.15, 0.2) is 0 Å². The number of hydrogen-bond acceptors (Lipinski definition) is 4. The van der Waals surface area contributed by atoms with Gasteiger partial charge in [-0.15, -0.1) is 0 Å². The zero-order chi connectivity index (χ0) is 9.68. The number of amides is 1. The fourth-order valence-electron chi connectivity index (χ4n) is 0.647. The molecule has 0 aliphatic heterocycles. The summed E-state index contributed by atoms with van der Waals surface area (Å²) in [5, 5.41) is 0. The molecule has 1 heterocycles. The van der Waals surface area contributed by atoms with Crippen LogP contribution in [0.25, 0.3) is 0 Å². The molecule has 0 radical (unpaired) electrons. The summed E-state index contributed by atoms with van der Waals surface area (Å²) in [7, 11) is 0. The largest absolute Gasteiger partial charge is 0.277 e. The van der Waals surface area contributed by atoms with Gasteiger partial charge in [-0.1, -0.05) is 0 Å². The van der Waals surface area contributed by atoms with E-state index in [-0.39, 0.29) is 12.0 Å². The smallest absolute Gasteiger partial charge is 0.271 e. The predicted octanol–water partition coefficient (Wildman–Crippen LogP) is 0.546. The molecule has 70 valence electrons. The molecule has 5 heteroatoms. The molecule has 0 unspecified atom stereocenters. The van der Waals surface area contributed by atoms with Crippen molar-refractivity contribution in [3.05, 3.63) is 24.3 Å². The van der Waals surface area contributed by atoms with E-state index in [0.717, 1.165) is 0 Å². The summed E-state index contributed by atoms with van der Waals surface area (Å²) in [6.45, 7) is 3.64. The quantitative estimate of drug-likeness (QED) is 0.691. The van der Waals surface area contributed by atoms with Crippen molar-refractivity contribution in [2.24, 2.45) is 0 Å². The van der Waals surface area contributed by atoms with Crippen molar-refractivity contribution in [3.8, 4) is 0 Å². The lowest BCUT2D eigenvalue weighted by atomic mass is 10.3. The fourth-order valence-corrected chi connectivity index (χ4v) is 0.647. The van der Waals surface area contributed by atoms with E-state index in [1.165, 1.54) is 18.7 Å². The molecule has 13 heavy (non-hydrogen) atoms. The van der Waals surface area contributed by atoms with E-state index in [4.69, 9.17) is 4.84 Å². The lowest BCUT2D eigenvalue weighted by molar-refractivity contribution is 0.000139. The Morgan fingerprint density at radius 3 is 2.62 bits per heavy atom. The monoisotopic (exact) mass is 181 g/mol. The topological polar surface area (TPSA) is 64.1 Å². The maximum Gasteiger partial charge on any atom is 0.277 e. The lowest BCUT2D eigenvalue weighted by Crippen LogP contribution is -2.27. The molecule has 0 atom stereocenters. The molecular formula is C8H11N3O2. The number of hydroxylamine groups is 1. The van der Waals surface area contributed by atoms with E-state index in [1.807, 2.05) is 13.8 Å². The molecule has 0 aliphatic carbocycles. The van der Waals surface area contributed by atoms with Gasteiger partial charge in [0.25, 0.3) is 5.91 Å². The van der Waals surface area contributed by atoms with Crippen LogP contribution in [0.2, 0.25) is 0 Å². The first-order valence-electron chi connectivity index (χ1n) is 3.91. The number of nitrogens with zero attached hydrogens (tertiary/aromatic N) is 2. The molecule has 0 aromatic carbocycles. The highest BCUT2D eigenvalue weighted by Gasteiger charge is 2.05. The molecule has 1 rings (SSSR count). The van der Waals surface area contributed by atoms with Crippen molar-refractivity contribution in [2.75, 3.05) is 0 Å². The summed E-state index contributed by atoms with van der Waals surface area (Å²) < 4.78 is 0. The van der Waals surface area contributed by atoms with Gasteiger partial charge in [0.2, 0.25) is 0 Å². The lowest BCUT2D eigenvalue weighted by Gasteiger charge is -2.07. The highest BCUT2D eigenvalue weighted by Crippen LogP contribution is 1.93.